The molecule has 0 unspecified atom stereocenters. The third-order valence-corrected chi connectivity index (χ3v) is 2.67. The summed E-state index contributed by atoms with van der Waals surface area (Å²) in [6, 6.07) is 8.85. The second-order valence-electron chi connectivity index (χ2n) is 3.49. The SMILES string of the molecule is C[C@@H]1CCCc2ccccc21.[C-]#[O+].[C-]#[O+].[C-]#[O+].[Cr]. The fraction of sp³-hybridized carbons (Fsp3) is 0.357. The zero-order valence-electron chi connectivity index (χ0n) is 10.1. The molecule has 1 aromatic rings. The normalized spacial score (nSPS) is 14.3. The van der Waals surface area contributed by atoms with Crippen LogP contribution in [0.15, 0.2) is 24.3 Å². The van der Waals surface area contributed by atoms with Crippen molar-refractivity contribution in [2.75, 3.05) is 0 Å². The van der Waals surface area contributed by atoms with Crippen LogP contribution in [-0.2, 0) is 37.7 Å². The summed E-state index contributed by atoms with van der Waals surface area (Å²) in [6.45, 7) is 15.8. The van der Waals surface area contributed by atoms with Gasteiger partial charge in [-0.05, 0) is 36.3 Å². The first-order valence-electron chi connectivity index (χ1n) is 5.07. The smallest absolute Gasteiger partial charge is 0 e. The minimum Gasteiger partial charge on any atom is 0 e. The summed E-state index contributed by atoms with van der Waals surface area (Å²) in [5.41, 5.74) is 3.16. The first-order valence-corrected chi connectivity index (χ1v) is 5.07. The molecule has 1 aromatic carbocycles. The Balaban J connectivity index is -0.000000285. The van der Waals surface area contributed by atoms with Crippen LogP contribution in [0.3, 0.4) is 0 Å². The molecule has 0 aliphatic heterocycles. The molecule has 1 aliphatic carbocycles. The fourth-order valence-electron chi connectivity index (χ4n) is 2.00. The Labute approximate surface area is 119 Å². The Morgan fingerprint density at radius 2 is 1.50 bits per heavy atom. The third kappa shape index (κ3) is 7.33. The molecule has 0 saturated heterocycles. The number of benzene rings is 1. The van der Waals surface area contributed by atoms with Gasteiger partial charge in [-0.15, -0.1) is 0 Å². The van der Waals surface area contributed by atoms with Crippen LogP contribution in [-0.4, -0.2) is 0 Å². The van der Waals surface area contributed by atoms with Crippen molar-refractivity contribution in [3.63, 3.8) is 0 Å². The van der Waals surface area contributed by atoms with Crippen molar-refractivity contribution in [3.8, 4) is 0 Å². The largest absolute Gasteiger partial charge is 0 e. The van der Waals surface area contributed by atoms with Crippen LogP contribution in [0.5, 0.6) is 0 Å². The van der Waals surface area contributed by atoms with Crippen LogP contribution in [0, 0.1) is 20.0 Å². The van der Waals surface area contributed by atoms with Crippen molar-refractivity contribution in [1.29, 1.82) is 0 Å². The van der Waals surface area contributed by atoms with Crippen LogP contribution >= 0.6 is 0 Å². The fourth-order valence-corrected chi connectivity index (χ4v) is 2.00. The average molecular weight is 282 g/mol. The Kier molecular flexibility index (Phi) is 19.7. The van der Waals surface area contributed by atoms with Gasteiger partial charge in [0, 0.05) is 17.4 Å². The van der Waals surface area contributed by atoms with Crippen molar-refractivity contribution in [1.82, 2.24) is 0 Å². The molecular weight excluding hydrogens is 268 g/mol. The Hall–Kier alpha value is -1.03. The van der Waals surface area contributed by atoms with Gasteiger partial charge in [-0.3, -0.25) is 0 Å². The summed E-state index contributed by atoms with van der Waals surface area (Å²) in [4.78, 5) is 0. The van der Waals surface area contributed by atoms with Gasteiger partial charge in [0.15, 0.2) is 0 Å². The first-order chi connectivity index (χ1) is 8.38. The predicted octanol–water partition coefficient (Wildman–Crippen LogP) is 3.01. The molecule has 0 saturated carbocycles. The van der Waals surface area contributed by atoms with Crippen molar-refractivity contribution in [2.45, 2.75) is 32.1 Å². The van der Waals surface area contributed by atoms with Gasteiger partial charge < -0.3 is 0 Å². The van der Waals surface area contributed by atoms with E-state index < -0.39 is 0 Å². The molecule has 2 rings (SSSR count). The van der Waals surface area contributed by atoms with Gasteiger partial charge in [0.1, 0.15) is 0 Å². The Morgan fingerprint density at radius 1 is 1.00 bits per heavy atom. The quantitative estimate of drug-likeness (QED) is 0.519. The standard InChI is InChI=1S/C11H14.3CO.Cr/c1-9-5-4-7-10-6-2-3-8-11(9)10;3*1-2;/h2-3,6,8-9H,4-5,7H2,1H3;;;;/t9-;;;;/m1..../s1. The van der Waals surface area contributed by atoms with E-state index in [-0.39, 0.29) is 17.4 Å². The second kappa shape index (κ2) is 16.0. The number of hydrogen-bond acceptors (Lipinski definition) is 0. The molecule has 3 nitrogen and oxygen atoms in total. The maximum Gasteiger partial charge on any atom is 0 e. The van der Waals surface area contributed by atoms with Gasteiger partial charge in [-0.1, -0.05) is 31.2 Å². The summed E-state index contributed by atoms with van der Waals surface area (Å²) in [5, 5.41) is 0. The predicted molar refractivity (Wildman–Crippen MR) is 59.6 cm³/mol. The second-order valence-corrected chi connectivity index (χ2v) is 3.49. The maximum absolute atomic E-state index is 7.50. The summed E-state index contributed by atoms with van der Waals surface area (Å²) < 4.78 is 22.5. The monoisotopic (exact) mass is 282 g/mol. The van der Waals surface area contributed by atoms with Gasteiger partial charge in [-0.2, -0.15) is 0 Å². The average Bonchev–Trinajstić information content (AvgIpc) is 2.46. The maximum atomic E-state index is 7.50. The Bertz CT molecular complexity index is 355. The number of aryl methyl sites for hydroxylation is 1. The molecule has 0 spiro atoms. The van der Waals surface area contributed by atoms with Gasteiger partial charge in [0.2, 0.25) is 0 Å². The van der Waals surface area contributed by atoms with Crippen molar-refractivity contribution >= 4 is 0 Å². The van der Waals surface area contributed by atoms with Gasteiger partial charge >= 0.3 is 33.9 Å². The van der Waals surface area contributed by atoms with Crippen LogP contribution in [0.25, 0.3) is 0 Å². The molecule has 0 radical (unpaired) electrons. The van der Waals surface area contributed by atoms with E-state index in [0.29, 0.717) is 0 Å². The molecule has 0 aromatic heterocycles. The van der Waals surface area contributed by atoms with Crippen molar-refractivity contribution in [3.05, 3.63) is 55.3 Å². The molecular formula is C14H14CrO3. The van der Waals surface area contributed by atoms with Crippen LogP contribution in [0.1, 0.15) is 36.8 Å². The molecule has 0 N–H and O–H groups in total. The van der Waals surface area contributed by atoms with E-state index in [1.165, 1.54) is 19.3 Å². The van der Waals surface area contributed by atoms with E-state index in [2.05, 4.69) is 51.1 Å². The van der Waals surface area contributed by atoms with Gasteiger partial charge in [0.05, 0.1) is 0 Å². The van der Waals surface area contributed by atoms with Crippen LogP contribution < -0.4 is 0 Å². The zero-order valence-corrected chi connectivity index (χ0v) is 11.4. The van der Waals surface area contributed by atoms with E-state index in [4.69, 9.17) is 14.0 Å². The van der Waals surface area contributed by atoms with Crippen LogP contribution in [0.4, 0.5) is 0 Å². The van der Waals surface area contributed by atoms with E-state index >= 15 is 0 Å². The zero-order chi connectivity index (χ0) is 13.7. The molecule has 0 fully saturated rings. The van der Waals surface area contributed by atoms with E-state index in [1.54, 1.807) is 11.1 Å². The number of hydrogen-bond donors (Lipinski definition) is 0. The molecule has 1 atom stereocenters. The van der Waals surface area contributed by atoms with Crippen molar-refractivity contribution in [2.24, 2.45) is 0 Å². The molecule has 1 aliphatic rings. The Morgan fingerprint density at radius 3 is 2.00 bits per heavy atom. The van der Waals surface area contributed by atoms with Gasteiger partial charge in [-0.25, -0.2) is 0 Å². The van der Waals surface area contributed by atoms with E-state index in [0.717, 1.165) is 5.92 Å². The molecule has 0 bridgehead atoms. The van der Waals surface area contributed by atoms with Crippen molar-refractivity contribution < 1.29 is 31.3 Å². The number of fused-ring (bicyclic) bond motifs is 1. The summed E-state index contributed by atoms with van der Waals surface area (Å²) in [7, 11) is 0. The summed E-state index contributed by atoms with van der Waals surface area (Å²) >= 11 is 0. The molecule has 18 heavy (non-hydrogen) atoms. The van der Waals surface area contributed by atoms with Crippen LogP contribution in [0.2, 0.25) is 0 Å². The van der Waals surface area contributed by atoms with Gasteiger partial charge in [0.25, 0.3) is 0 Å². The first kappa shape index (κ1) is 22.2. The minimum atomic E-state index is 0. The summed E-state index contributed by atoms with van der Waals surface area (Å²) in [6.07, 6.45) is 4.04. The molecule has 4 heteroatoms. The molecule has 0 heterocycles. The minimum absolute atomic E-state index is 0. The summed E-state index contributed by atoms with van der Waals surface area (Å²) in [5.74, 6) is 0.792. The molecule has 94 valence electrons. The van der Waals surface area contributed by atoms with E-state index in [9.17, 15) is 0 Å². The number of rotatable bonds is 0. The third-order valence-electron chi connectivity index (χ3n) is 2.67. The van der Waals surface area contributed by atoms with E-state index in [1.807, 2.05) is 0 Å². The molecule has 0 amide bonds. The topological polar surface area (TPSA) is 59.7 Å².